The maximum absolute atomic E-state index is 14.2. The molecule has 2 aromatic carbocycles. The van der Waals surface area contributed by atoms with Gasteiger partial charge in [0.25, 0.3) is 5.91 Å². The fraction of sp³-hybridized carbons (Fsp3) is 0.118. The highest BCUT2D eigenvalue weighted by Crippen LogP contribution is 2.19. The van der Waals surface area contributed by atoms with Crippen LogP contribution in [-0.2, 0) is 11.2 Å². The highest BCUT2D eigenvalue weighted by molar-refractivity contribution is 6.05. The fourth-order valence-electron chi connectivity index (χ4n) is 1.96. The Morgan fingerprint density at radius 2 is 1.91 bits per heavy atom. The number of nitrogens with zero attached hydrogens (tertiary/aromatic N) is 1. The van der Waals surface area contributed by atoms with Gasteiger partial charge < -0.3 is 10.1 Å². The van der Waals surface area contributed by atoms with E-state index in [0.29, 0.717) is 5.56 Å². The van der Waals surface area contributed by atoms with Gasteiger partial charge in [0.15, 0.2) is 5.82 Å². The number of hydrogen-bond donors (Lipinski definition) is 1. The number of halogens is 1. The molecule has 0 saturated heterocycles. The number of benzene rings is 2. The number of anilines is 1. The number of carbonyl (C=O) groups excluding carboxylic acids is 2. The van der Waals surface area contributed by atoms with Crippen LogP contribution >= 0.6 is 0 Å². The first kappa shape index (κ1) is 16.2. The molecule has 2 aromatic rings. The van der Waals surface area contributed by atoms with Crippen molar-refractivity contribution in [2.75, 3.05) is 12.4 Å². The van der Waals surface area contributed by atoms with E-state index in [0.717, 1.165) is 12.7 Å². The molecule has 0 heterocycles. The predicted octanol–water partition coefficient (Wildman–Crippen LogP) is 2.93. The van der Waals surface area contributed by atoms with Gasteiger partial charge in [-0.1, -0.05) is 18.2 Å². The molecule has 116 valence electrons. The van der Waals surface area contributed by atoms with Crippen LogP contribution < -0.4 is 5.32 Å². The van der Waals surface area contributed by atoms with Crippen LogP contribution in [0.3, 0.4) is 0 Å². The third-order valence-corrected chi connectivity index (χ3v) is 3.15. The second kappa shape index (κ2) is 7.18. The van der Waals surface area contributed by atoms with Gasteiger partial charge in [0.2, 0.25) is 0 Å². The summed E-state index contributed by atoms with van der Waals surface area (Å²) in [5.74, 6) is -2.19. The molecule has 0 saturated carbocycles. The Morgan fingerprint density at radius 3 is 2.52 bits per heavy atom. The van der Waals surface area contributed by atoms with Crippen molar-refractivity contribution in [2.45, 2.75) is 6.42 Å². The van der Waals surface area contributed by atoms with Crippen LogP contribution in [0.5, 0.6) is 0 Å². The van der Waals surface area contributed by atoms with E-state index in [1.807, 2.05) is 6.07 Å². The number of methoxy groups -OCH3 is 1. The molecule has 23 heavy (non-hydrogen) atoms. The van der Waals surface area contributed by atoms with Gasteiger partial charge in [-0.3, -0.25) is 4.79 Å². The van der Waals surface area contributed by atoms with Crippen LogP contribution in [0.15, 0.2) is 42.5 Å². The summed E-state index contributed by atoms with van der Waals surface area (Å²) >= 11 is 0. The molecule has 0 aromatic heterocycles. The number of ether oxygens (including phenoxy) is 1. The highest BCUT2D eigenvalue weighted by Gasteiger charge is 2.17. The van der Waals surface area contributed by atoms with Crippen molar-refractivity contribution in [2.24, 2.45) is 0 Å². The Balaban J connectivity index is 2.20. The standard InChI is InChI=1S/C17H13FN2O3/c1-23-17(22)13-3-2-4-14(15(13)18)20-16(21)12-7-5-11(6-8-12)9-10-19/h2-8H,9H2,1H3,(H,20,21). The number of nitrogens with one attached hydrogen (secondary N) is 1. The van der Waals surface area contributed by atoms with Crippen LogP contribution in [0.25, 0.3) is 0 Å². The van der Waals surface area contributed by atoms with Gasteiger partial charge in [0.05, 0.1) is 30.9 Å². The van der Waals surface area contributed by atoms with Crippen molar-refractivity contribution in [1.82, 2.24) is 0 Å². The maximum atomic E-state index is 14.2. The topological polar surface area (TPSA) is 79.2 Å². The van der Waals surface area contributed by atoms with E-state index in [9.17, 15) is 14.0 Å². The molecular weight excluding hydrogens is 299 g/mol. The van der Waals surface area contributed by atoms with Crippen LogP contribution in [-0.4, -0.2) is 19.0 Å². The third kappa shape index (κ3) is 3.71. The number of amides is 1. The summed E-state index contributed by atoms with van der Waals surface area (Å²) in [6.45, 7) is 0. The molecule has 0 unspecified atom stereocenters. The van der Waals surface area contributed by atoms with Gasteiger partial charge in [-0.05, 0) is 29.8 Å². The van der Waals surface area contributed by atoms with E-state index < -0.39 is 17.7 Å². The lowest BCUT2D eigenvalue weighted by Gasteiger charge is -2.09. The predicted molar refractivity (Wildman–Crippen MR) is 81.5 cm³/mol. The quantitative estimate of drug-likeness (QED) is 0.880. The maximum Gasteiger partial charge on any atom is 0.340 e. The lowest BCUT2D eigenvalue weighted by Crippen LogP contribution is -2.15. The summed E-state index contributed by atoms with van der Waals surface area (Å²) in [4.78, 5) is 23.6. The number of rotatable bonds is 4. The van der Waals surface area contributed by atoms with Crippen molar-refractivity contribution in [3.8, 4) is 6.07 Å². The Morgan fingerprint density at radius 1 is 1.22 bits per heavy atom. The van der Waals surface area contributed by atoms with Gasteiger partial charge >= 0.3 is 5.97 Å². The Kier molecular flexibility index (Phi) is 5.05. The molecule has 0 atom stereocenters. The molecule has 0 fully saturated rings. The lowest BCUT2D eigenvalue weighted by atomic mass is 10.1. The summed E-state index contributed by atoms with van der Waals surface area (Å²) in [6.07, 6.45) is 0.248. The average molecular weight is 312 g/mol. The molecule has 1 amide bonds. The molecule has 1 N–H and O–H groups in total. The minimum Gasteiger partial charge on any atom is -0.465 e. The van der Waals surface area contributed by atoms with Crippen molar-refractivity contribution in [3.63, 3.8) is 0 Å². The molecule has 2 rings (SSSR count). The van der Waals surface area contributed by atoms with E-state index >= 15 is 0 Å². The summed E-state index contributed by atoms with van der Waals surface area (Å²) in [7, 11) is 1.15. The van der Waals surface area contributed by atoms with Crippen molar-refractivity contribution >= 4 is 17.6 Å². The molecule has 0 aliphatic carbocycles. The van der Waals surface area contributed by atoms with Gasteiger partial charge in [0, 0.05) is 5.56 Å². The van der Waals surface area contributed by atoms with Crippen molar-refractivity contribution in [1.29, 1.82) is 5.26 Å². The summed E-state index contributed by atoms with van der Waals surface area (Å²) in [5, 5.41) is 11.0. The van der Waals surface area contributed by atoms with Crippen molar-refractivity contribution in [3.05, 3.63) is 65.0 Å². The number of esters is 1. The number of carbonyl (C=O) groups is 2. The molecule has 0 aliphatic rings. The fourth-order valence-corrected chi connectivity index (χ4v) is 1.96. The van der Waals surface area contributed by atoms with E-state index in [2.05, 4.69) is 10.1 Å². The van der Waals surface area contributed by atoms with Gasteiger partial charge in [0.1, 0.15) is 0 Å². The molecule has 0 radical (unpaired) electrons. The van der Waals surface area contributed by atoms with Gasteiger partial charge in [-0.25, -0.2) is 9.18 Å². The highest BCUT2D eigenvalue weighted by atomic mass is 19.1. The Labute approximate surface area is 132 Å². The SMILES string of the molecule is COC(=O)c1cccc(NC(=O)c2ccc(CC#N)cc2)c1F. The minimum atomic E-state index is -0.853. The Bertz CT molecular complexity index is 779. The zero-order chi connectivity index (χ0) is 16.8. The third-order valence-electron chi connectivity index (χ3n) is 3.15. The monoisotopic (exact) mass is 312 g/mol. The van der Waals surface area contributed by atoms with E-state index in [1.165, 1.54) is 18.2 Å². The van der Waals surface area contributed by atoms with E-state index in [-0.39, 0.29) is 17.7 Å². The summed E-state index contributed by atoms with van der Waals surface area (Å²) in [5.41, 5.74) is 0.728. The largest absolute Gasteiger partial charge is 0.465 e. The Hall–Kier alpha value is -3.20. The molecule has 0 aliphatic heterocycles. The minimum absolute atomic E-state index is 0.112. The molecular formula is C17H13FN2O3. The average Bonchev–Trinajstić information content (AvgIpc) is 2.57. The second-order valence-electron chi connectivity index (χ2n) is 4.64. The molecule has 6 heteroatoms. The first-order chi connectivity index (χ1) is 11.1. The second-order valence-corrected chi connectivity index (χ2v) is 4.64. The first-order valence-electron chi connectivity index (χ1n) is 6.71. The first-order valence-corrected chi connectivity index (χ1v) is 6.71. The summed E-state index contributed by atoms with van der Waals surface area (Å²) < 4.78 is 18.7. The normalized spacial score (nSPS) is 9.78. The van der Waals surface area contributed by atoms with Gasteiger partial charge in [-0.15, -0.1) is 0 Å². The summed E-state index contributed by atoms with van der Waals surface area (Å²) in [6, 6.07) is 12.5. The zero-order valence-electron chi connectivity index (χ0n) is 12.3. The van der Waals surface area contributed by atoms with Crippen molar-refractivity contribution < 1.29 is 18.7 Å². The van der Waals surface area contributed by atoms with Crippen LogP contribution in [0.4, 0.5) is 10.1 Å². The van der Waals surface area contributed by atoms with E-state index in [1.54, 1.807) is 24.3 Å². The molecule has 0 bridgehead atoms. The van der Waals surface area contributed by atoms with E-state index in [4.69, 9.17) is 5.26 Å². The zero-order valence-corrected chi connectivity index (χ0v) is 12.3. The number of hydrogen-bond acceptors (Lipinski definition) is 4. The van der Waals surface area contributed by atoms with Gasteiger partial charge in [-0.2, -0.15) is 5.26 Å². The smallest absolute Gasteiger partial charge is 0.340 e. The molecule has 5 nitrogen and oxygen atoms in total. The van der Waals surface area contributed by atoms with Crippen LogP contribution in [0.1, 0.15) is 26.3 Å². The number of nitriles is 1. The van der Waals surface area contributed by atoms with Crippen LogP contribution in [0, 0.1) is 17.1 Å². The molecule has 0 spiro atoms. The van der Waals surface area contributed by atoms with Crippen LogP contribution in [0.2, 0.25) is 0 Å². The lowest BCUT2D eigenvalue weighted by molar-refractivity contribution is 0.0595.